The monoisotopic (exact) mass is 372 g/mol. The Hall–Kier alpha value is -1.10. The first-order valence-corrected chi connectivity index (χ1v) is 7.49. The number of imidazole rings is 1. The standard InChI is InChI=1S/C14H8BrCl2FN2/c15-8-3-1-2-4-12(8)20-13-6-10(18)9(17)5-11(13)19-14(20)7-16/h1-6H,7H2. The summed E-state index contributed by atoms with van der Waals surface area (Å²) in [6.07, 6.45) is 0. The second kappa shape index (κ2) is 5.35. The van der Waals surface area contributed by atoms with Crippen molar-refractivity contribution in [2.24, 2.45) is 0 Å². The Morgan fingerprint density at radius 2 is 2.00 bits per heavy atom. The Labute approximate surface area is 133 Å². The minimum atomic E-state index is -0.478. The molecule has 2 nitrogen and oxygen atoms in total. The Morgan fingerprint density at radius 1 is 1.25 bits per heavy atom. The predicted molar refractivity (Wildman–Crippen MR) is 83.3 cm³/mol. The zero-order valence-corrected chi connectivity index (χ0v) is 13.2. The predicted octanol–water partition coefficient (Wildman–Crippen LogP) is 5.32. The minimum absolute atomic E-state index is 0.0513. The third kappa shape index (κ3) is 2.22. The molecule has 20 heavy (non-hydrogen) atoms. The van der Waals surface area contributed by atoms with Crippen molar-refractivity contribution < 1.29 is 4.39 Å². The van der Waals surface area contributed by atoms with Crippen molar-refractivity contribution in [2.45, 2.75) is 5.88 Å². The molecule has 2 aromatic carbocycles. The number of benzene rings is 2. The van der Waals surface area contributed by atoms with Gasteiger partial charge >= 0.3 is 0 Å². The molecule has 0 saturated heterocycles. The van der Waals surface area contributed by atoms with Gasteiger partial charge in [-0.15, -0.1) is 11.6 Å². The summed E-state index contributed by atoms with van der Waals surface area (Å²) in [4.78, 5) is 4.41. The summed E-state index contributed by atoms with van der Waals surface area (Å²) in [6, 6.07) is 10.5. The van der Waals surface area contributed by atoms with Crippen LogP contribution in [0.4, 0.5) is 4.39 Å². The summed E-state index contributed by atoms with van der Waals surface area (Å²) in [5, 5.41) is 0.0513. The summed E-state index contributed by atoms with van der Waals surface area (Å²) < 4.78 is 16.4. The van der Waals surface area contributed by atoms with Crippen molar-refractivity contribution in [3.63, 3.8) is 0 Å². The van der Waals surface area contributed by atoms with Crippen LogP contribution < -0.4 is 0 Å². The second-order valence-electron chi connectivity index (χ2n) is 4.20. The number of aromatic nitrogens is 2. The fourth-order valence-corrected chi connectivity index (χ4v) is 2.91. The third-order valence-corrected chi connectivity index (χ3v) is 4.18. The van der Waals surface area contributed by atoms with E-state index in [1.807, 2.05) is 28.8 Å². The van der Waals surface area contributed by atoms with Gasteiger partial charge in [-0.05, 0) is 34.1 Å². The van der Waals surface area contributed by atoms with Crippen LogP contribution in [0.1, 0.15) is 5.82 Å². The third-order valence-electron chi connectivity index (χ3n) is 2.98. The van der Waals surface area contributed by atoms with Gasteiger partial charge in [0.1, 0.15) is 11.6 Å². The normalized spacial score (nSPS) is 11.2. The van der Waals surface area contributed by atoms with Crippen LogP contribution in [0.3, 0.4) is 0 Å². The summed E-state index contributed by atoms with van der Waals surface area (Å²) in [7, 11) is 0. The highest BCUT2D eigenvalue weighted by Gasteiger charge is 2.15. The molecule has 0 aliphatic carbocycles. The highest BCUT2D eigenvalue weighted by atomic mass is 79.9. The van der Waals surface area contributed by atoms with Gasteiger partial charge in [-0.25, -0.2) is 9.37 Å². The molecule has 3 aromatic rings. The van der Waals surface area contributed by atoms with Crippen LogP contribution in [-0.4, -0.2) is 9.55 Å². The quantitative estimate of drug-likeness (QED) is 0.556. The first-order chi connectivity index (χ1) is 9.61. The van der Waals surface area contributed by atoms with Crippen molar-refractivity contribution in [3.8, 4) is 5.69 Å². The van der Waals surface area contributed by atoms with E-state index in [1.165, 1.54) is 12.1 Å². The molecule has 0 N–H and O–H groups in total. The summed E-state index contributed by atoms with van der Waals surface area (Å²) in [5.74, 6) is 0.374. The van der Waals surface area contributed by atoms with Gasteiger partial charge in [0.25, 0.3) is 0 Å². The molecule has 102 valence electrons. The van der Waals surface area contributed by atoms with E-state index in [0.717, 1.165) is 10.2 Å². The SMILES string of the molecule is Fc1cc2c(cc1Cl)nc(CCl)n2-c1ccccc1Br. The molecular weight excluding hydrogens is 366 g/mol. The molecule has 6 heteroatoms. The Morgan fingerprint density at radius 3 is 2.70 bits per heavy atom. The number of fused-ring (bicyclic) bond motifs is 1. The van der Waals surface area contributed by atoms with Crippen molar-refractivity contribution >= 4 is 50.2 Å². The minimum Gasteiger partial charge on any atom is -0.294 e. The first kappa shape index (κ1) is 13.9. The summed E-state index contributed by atoms with van der Waals surface area (Å²) >= 11 is 15.3. The van der Waals surface area contributed by atoms with Gasteiger partial charge in [-0.3, -0.25) is 4.57 Å². The molecule has 0 radical (unpaired) electrons. The maximum Gasteiger partial charge on any atom is 0.144 e. The summed E-state index contributed by atoms with van der Waals surface area (Å²) in [6.45, 7) is 0. The van der Waals surface area contributed by atoms with Crippen LogP contribution in [0.5, 0.6) is 0 Å². The number of nitrogens with zero attached hydrogens (tertiary/aromatic N) is 2. The van der Waals surface area contributed by atoms with Gasteiger partial charge < -0.3 is 0 Å². The van der Waals surface area contributed by atoms with Crippen LogP contribution in [-0.2, 0) is 5.88 Å². The van der Waals surface area contributed by atoms with Crippen LogP contribution >= 0.6 is 39.1 Å². The molecule has 3 rings (SSSR count). The van der Waals surface area contributed by atoms with Crippen LogP contribution in [0.25, 0.3) is 16.7 Å². The van der Waals surface area contributed by atoms with E-state index in [2.05, 4.69) is 20.9 Å². The lowest BCUT2D eigenvalue weighted by molar-refractivity contribution is 0.629. The molecule has 0 aliphatic rings. The van der Waals surface area contributed by atoms with E-state index in [0.29, 0.717) is 16.9 Å². The fraction of sp³-hybridized carbons (Fsp3) is 0.0714. The van der Waals surface area contributed by atoms with Gasteiger partial charge in [-0.1, -0.05) is 23.7 Å². The van der Waals surface area contributed by atoms with Crippen LogP contribution in [0.2, 0.25) is 5.02 Å². The molecule has 0 spiro atoms. The molecule has 0 atom stereocenters. The molecule has 1 heterocycles. The largest absolute Gasteiger partial charge is 0.294 e. The van der Waals surface area contributed by atoms with Gasteiger partial charge in [0.05, 0.1) is 27.6 Å². The Balaban J connectivity index is 2.39. The Bertz CT molecular complexity index is 801. The number of para-hydroxylation sites is 1. The second-order valence-corrected chi connectivity index (χ2v) is 5.73. The molecule has 0 aliphatic heterocycles. The molecular formula is C14H8BrCl2FN2. The lowest BCUT2D eigenvalue weighted by atomic mass is 10.2. The van der Waals surface area contributed by atoms with E-state index < -0.39 is 5.82 Å². The molecule has 0 fully saturated rings. The van der Waals surface area contributed by atoms with E-state index >= 15 is 0 Å². The molecule has 0 amide bonds. The number of halogens is 4. The lowest BCUT2D eigenvalue weighted by Crippen LogP contribution is -2.00. The zero-order valence-electron chi connectivity index (χ0n) is 10.1. The highest BCUT2D eigenvalue weighted by molar-refractivity contribution is 9.10. The summed E-state index contributed by atoms with van der Waals surface area (Å²) in [5.41, 5.74) is 2.10. The van der Waals surface area contributed by atoms with Crippen molar-refractivity contribution in [1.29, 1.82) is 0 Å². The zero-order chi connectivity index (χ0) is 14.3. The average Bonchev–Trinajstić information content (AvgIpc) is 2.77. The maximum absolute atomic E-state index is 13.7. The smallest absolute Gasteiger partial charge is 0.144 e. The van der Waals surface area contributed by atoms with Crippen LogP contribution in [0.15, 0.2) is 40.9 Å². The number of hydrogen-bond acceptors (Lipinski definition) is 1. The highest BCUT2D eigenvalue weighted by Crippen LogP contribution is 2.30. The molecule has 0 bridgehead atoms. The first-order valence-electron chi connectivity index (χ1n) is 5.79. The average molecular weight is 374 g/mol. The molecule has 0 saturated carbocycles. The van der Waals surface area contributed by atoms with E-state index in [9.17, 15) is 4.39 Å². The van der Waals surface area contributed by atoms with Crippen molar-refractivity contribution in [1.82, 2.24) is 9.55 Å². The van der Waals surface area contributed by atoms with E-state index in [-0.39, 0.29) is 10.9 Å². The van der Waals surface area contributed by atoms with Gasteiger partial charge in [0.2, 0.25) is 0 Å². The topological polar surface area (TPSA) is 17.8 Å². The lowest BCUT2D eigenvalue weighted by Gasteiger charge is -2.10. The Kier molecular flexibility index (Phi) is 3.71. The van der Waals surface area contributed by atoms with Gasteiger partial charge in [0.15, 0.2) is 0 Å². The van der Waals surface area contributed by atoms with Gasteiger partial charge in [-0.2, -0.15) is 0 Å². The van der Waals surface area contributed by atoms with Crippen molar-refractivity contribution in [3.05, 3.63) is 57.5 Å². The fourth-order valence-electron chi connectivity index (χ4n) is 2.11. The number of hydrogen-bond donors (Lipinski definition) is 0. The van der Waals surface area contributed by atoms with E-state index in [4.69, 9.17) is 23.2 Å². The molecule has 0 unspecified atom stereocenters. The van der Waals surface area contributed by atoms with Gasteiger partial charge in [0, 0.05) is 10.5 Å². The molecule has 1 aromatic heterocycles. The van der Waals surface area contributed by atoms with Crippen LogP contribution in [0, 0.1) is 5.82 Å². The van der Waals surface area contributed by atoms with E-state index in [1.54, 1.807) is 0 Å². The number of rotatable bonds is 2. The van der Waals surface area contributed by atoms with Crippen molar-refractivity contribution in [2.75, 3.05) is 0 Å². The number of alkyl halides is 1. The maximum atomic E-state index is 13.7.